The van der Waals surface area contributed by atoms with Crippen LogP contribution in [-0.2, 0) is 4.74 Å². The second-order valence-corrected chi connectivity index (χ2v) is 4.08. The molecule has 6 heteroatoms. The molecule has 0 aliphatic carbocycles. The van der Waals surface area contributed by atoms with Crippen molar-refractivity contribution in [3.8, 4) is 0 Å². The molecule has 17 heavy (non-hydrogen) atoms. The molecule has 2 N–H and O–H groups in total. The first-order chi connectivity index (χ1) is 8.27. The van der Waals surface area contributed by atoms with E-state index in [-0.39, 0.29) is 5.92 Å². The van der Waals surface area contributed by atoms with Crippen LogP contribution in [0, 0.1) is 0 Å². The molecule has 2 heterocycles. The van der Waals surface area contributed by atoms with E-state index in [1.165, 1.54) is 0 Å². The highest BCUT2D eigenvalue weighted by Gasteiger charge is 2.26. The minimum atomic E-state index is -0.461. The predicted molar refractivity (Wildman–Crippen MR) is 58.5 cm³/mol. The van der Waals surface area contributed by atoms with Gasteiger partial charge in [-0.15, -0.1) is 0 Å². The van der Waals surface area contributed by atoms with Crippen LogP contribution in [0.15, 0.2) is 16.8 Å². The molecule has 6 nitrogen and oxygen atoms in total. The second kappa shape index (κ2) is 3.81. The SMILES string of the molecule is NC(=O)c1ccc2nonc2c1[C@H]1CCOC1. The van der Waals surface area contributed by atoms with E-state index in [4.69, 9.17) is 15.1 Å². The van der Waals surface area contributed by atoms with Gasteiger partial charge in [0.1, 0.15) is 11.0 Å². The number of hydrogen-bond donors (Lipinski definition) is 1. The molecule has 0 bridgehead atoms. The Kier molecular flexibility index (Phi) is 2.29. The Labute approximate surface area is 96.7 Å². The summed E-state index contributed by atoms with van der Waals surface area (Å²) in [5.41, 5.74) is 7.90. The zero-order valence-corrected chi connectivity index (χ0v) is 9.05. The summed E-state index contributed by atoms with van der Waals surface area (Å²) in [6.45, 7) is 1.26. The van der Waals surface area contributed by atoms with E-state index in [1.54, 1.807) is 12.1 Å². The zero-order chi connectivity index (χ0) is 11.8. The number of ether oxygens (including phenoxy) is 1. The van der Waals surface area contributed by atoms with Gasteiger partial charge in [0.05, 0.1) is 6.61 Å². The van der Waals surface area contributed by atoms with Gasteiger partial charge in [-0.1, -0.05) is 0 Å². The fourth-order valence-electron chi connectivity index (χ4n) is 2.26. The van der Waals surface area contributed by atoms with Crippen molar-refractivity contribution in [3.63, 3.8) is 0 Å². The summed E-state index contributed by atoms with van der Waals surface area (Å²) in [5.74, 6) is -0.329. The minimum Gasteiger partial charge on any atom is -0.381 e. The molecule has 0 spiro atoms. The van der Waals surface area contributed by atoms with Gasteiger partial charge in [-0.25, -0.2) is 4.63 Å². The van der Waals surface area contributed by atoms with Crippen molar-refractivity contribution in [2.24, 2.45) is 5.73 Å². The van der Waals surface area contributed by atoms with Gasteiger partial charge in [0.2, 0.25) is 5.91 Å². The van der Waals surface area contributed by atoms with E-state index < -0.39 is 5.91 Å². The molecule has 1 atom stereocenters. The lowest BCUT2D eigenvalue weighted by molar-refractivity contribution is 0.0999. The molecule has 0 radical (unpaired) electrons. The molecule has 1 aromatic carbocycles. The zero-order valence-electron chi connectivity index (χ0n) is 9.05. The maximum absolute atomic E-state index is 11.4. The molecule has 1 aliphatic rings. The molecule has 1 amide bonds. The molecule has 1 saturated heterocycles. The first kappa shape index (κ1) is 10.2. The molecular formula is C11H11N3O3. The number of nitrogens with zero attached hydrogens (tertiary/aromatic N) is 2. The number of hydrogen-bond acceptors (Lipinski definition) is 5. The Balaban J connectivity index is 2.25. The summed E-state index contributed by atoms with van der Waals surface area (Å²) in [7, 11) is 0. The van der Waals surface area contributed by atoms with Crippen LogP contribution in [0.2, 0.25) is 0 Å². The molecule has 0 saturated carbocycles. The third kappa shape index (κ3) is 1.57. The van der Waals surface area contributed by atoms with E-state index in [2.05, 4.69) is 10.3 Å². The van der Waals surface area contributed by atoms with Crippen molar-refractivity contribution in [1.82, 2.24) is 10.3 Å². The highest BCUT2D eigenvalue weighted by molar-refractivity contribution is 5.99. The van der Waals surface area contributed by atoms with Gasteiger partial charge in [0, 0.05) is 23.7 Å². The van der Waals surface area contributed by atoms with Gasteiger partial charge in [-0.2, -0.15) is 0 Å². The van der Waals surface area contributed by atoms with Crippen molar-refractivity contribution >= 4 is 16.9 Å². The highest BCUT2D eigenvalue weighted by atomic mass is 16.6. The van der Waals surface area contributed by atoms with Gasteiger partial charge >= 0.3 is 0 Å². The van der Waals surface area contributed by atoms with Crippen LogP contribution in [0.1, 0.15) is 28.3 Å². The number of amides is 1. The fourth-order valence-corrected chi connectivity index (χ4v) is 2.26. The topological polar surface area (TPSA) is 91.2 Å². The van der Waals surface area contributed by atoms with Crippen LogP contribution < -0.4 is 5.73 Å². The minimum absolute atomic E-state index is 0.132. The Morgan fingerprint density at radius 1 is 1.41 bits per heavy atom. The smallest absolute Gasteiger partial charge is 0.249 e. The Hall–Kier alpha value is -1.95. The Morgan fingerprint density at radius 2 is 2.29 bits per heavy atom. The van der Waals surface area contributed by atoms with Crippen molar-refractivity contribution in [1.29, 1.82) is 0 Å². The van der Waals surface area contributed by atoms with E-state index in [9.17, 15) is 4.79 Å². The van der Waals surface area contributed by atoms with Crippen LogP contribution in [0.5, 0.6) is 0 Å². The molecule has 1 fully saturated rings. The van der Waals surface area contributed by atoms with Crippen LogP contribution in [-0.4, -0.2) is 29.4 Å². The lowest BCUT2D eigenvalue weighted by Crippen LogP contribution is -2.16. The monoisotopic (exact) mass is 233 g/mol. The maximum Gasteiger partial charge on any atom is 0.249 e. The lowest BCUT2D eigenvalue weighted by atomic mass is 9.92. The first-order valence-corrected chi connectivity index (χ1v) is 5.40. The number of carbonyl (C=O) groups is 1. The Bertz CT molecular complexity index is 572. The summed E-state index contributed by atoms with van der Waals surface area (Å²) in [5, 5.41) is 7.63. The molecular weight excluding hydrogens is 222 g/mol. The molecule has 1 aliphatic heterocycles. The largest absolute Gasteiger partial charge is 0.381 e. The normalized spacial score (nSPS) is 19.9. The van der Waals surface area contributed by atoms with E-state index in [0.29, 0.717) is 29.8 Å². The number of nitrogens with two attached hydrogens (primary N) is 1. The predicted octanol–water partition coefficient (Wildman–Crippen LogP) is 0.826. The Morgan fingerprint density at radius 3 is 3.00 bits per heavy atom. The van der Waals surface area contributed by atoms with Crippen LogP contribution in [0.3, 0.4) is 0 Å². The average molecular weight is 233 g/mol. The third-order valence-corrected chi connectivity index (χ3v) is 3.07. The van der Waals surface area contributed by atoms with Gasteiger partial charge in [-0.3, -0.25) is 4.79 Å². The molecule has 88 valence electrons. The van der Waals surface area contributed by atoms with Crippen LogP contribution in [0.4, 0.5) is 0 Å². The van der Waals surface area contributed by atoms with Gasteiger partial charge in [-0.05, 0) is 28.9 Å². The average Bonchev–Trinajstić information content (AvgIpc) is 2.98. The van der Waals surface area contributed by atoms with E-state index in [1.807, 2.05) is 0 Å². The molecule has 0 unspecified atom stereocenters. The standard InChI is InChI=1S/C11H11N3O3/c12-11(15)7-1-2-8-10(14-17-13-8)9(7)6-3-4-16-5-6/h1-2,6H,3-5H2,(H2,12,15)/t6-/m0/s1. The second-order valence-electron chi connectivity index (χ2n) is 4.08. The number of benzene rings is 1. The quantitative estimate of drug-likeness (QED) is 0.829. The number of fused-ring (bicyclic) bond motifs is 1. The summed E-state index contributed by atoms with van der Waals surface area (Å²) in [4.78, 5) is 11.4. The van der Waals surface area contributed by atoms with Crippen molar-refractivity contribution in [3.05, 3.63) is 23.3 Å². The lowest BCUT2D eigenvalue weighted by Gasteiger charge is -2.11. The van der Waals surface area contributed by atoms with E-state index >= 15 is 0 Å². The third-order valence-electron chi connectivity index (χ3n) is 3.07. The van der Waals surface area contributed by atoms with Crippen molar-refractivity contribution < 1.29 is 14.2 Å². The van der Waals surface area contributed by atoms with Crippen molar-refractivity contribution in [2.45, 2.75) is 12.3 Å². The summed E-state index contributed by atoms with van der Waals surface area (Å²) < 4.78 is 10.0. The van der Waals surface area contributed by atoms with Gasteiger partial charge < -0.3 is 10.5 Å². The highest BCUT2D eigenvalue weighted by Crippen LogP contribution is 2.32. The molecule has 3 rings (SSSR count). The van der Waals surface area contributed by atoms with E-state index in [0.717, 1.165) is 12.0 Å². The van der Waals surface area contributed by atoms with Crippen molar-refractivity contribution in [2.75, 3.05) is 13.2 Å². The first-order valence-electron chi connectivity index (χ1n) is 5.40. The fraction of sp³-hybridized carbons (Fsp3) is 0.364. The summed E-state index contributed by atoms with van der Waals surface area (Å²) >= 11 is 0. The maximum atomic E-state index is 11.4. The number of rotatable bonds is 2. The molecule has 1 aromatic heterocycles. The van der Waals surface area contributed by atoms with Gasteiger partial charge in [0.15, 0.2) is 0 Å². The number of aromatic nitrogens is 2. The number of primary amides is 1. The summed E-state index contributed by atoms with van der Waals surface area (Å²) in [6.07, 6.45) is 0.853. The van der Waals surface area contributed by atoms with Crippen LogP contribution >= 0.6 is 0 Å². The van der Waals surface area contributed by atoms with Crippen LogP contribution in [0.25, 0.3) is 11.0 Å². The number of carbonyl (C=O) groups excluding carboxylic acids is 1. The van der Waals surface area contributed by atoms with Gasteiger partial charge in [0.25, 0.3) is 0 Å². The molecule has 2 aromatic rings. The summed E-state index contributed by atoms with van der Waals surface area (Å²) in [6, 6.07) is 3.35.